The molecule has 1 aromatic carbocycles. The minimum atomic E-state index is -0.120. The summed E-state index contributed by atoms with van der Waals surface area (Å²) in [5, 5.41) is 13.5. The van der Waals surface area contributed by atoms with Crippen molar-refractivity contribution in [1.29, 1.82) is 0 Å². The lowest BCUT2D eigenvalue weighted by Gasteiger charge is -2.20. The van der Waals surface area contributed by atoms with Gasteiger partial charge in [0, 0.05) is 36.2 Å². The Morgan fingerprint density at radius 1 is 1.15 bits per heavy atom. The van der Waals surface area contributed by atoms with Crippen molar-refractivity contribution in [1.82, 2.24) is 14.9 Å². The number of pyridine rings is 2. The highest BCUT2D eigenvalue weighted by molar-refractivity contribution is 6.30. The summed E-state index contributed by atoms with van der Waals surface area (Å²) in [4.78, 5) is 17.0. The van der Waals surface area contributed by atoms with E-state index in [9.17, 15) is 9.90 Å². The Balaban J connectivity index is 1.27. The van der Waals surface area contributed by atoms with Gasteiger partial charge in [-0.05, 0) is 66.6 Å². The molecule has 0 radical (unpaired) electrons. The summed E-state index contributed by atoms with van der Waals surface area (Å²) in [6, 6.07) is 13.3. The first-order valence-electron chi connectivity index (χ1n) is 11.2. The van der Waals surface area contributed by atoms with Gasteiger partial charge in [-0.2, -0.15) is 0 Å². The third-order valence-corrected chi connectivity index (χ3v) is 6.60. The van der Waals surface area contributed by atoms with Crippen LogP contribution in [0.1, 0.15) is 41.6 Å². The van der Waals surface area contributed by atoms with Gasteiger partial charge in [-0.25, -0.2) is 0 Å². The molecular weight excluding hydrogens is 438 g/mol. The third-order valence-electron chi connectivity index (χ3n) is 6.38. The van der Waals surface area contributed by atoms with Crippen molar-refractivity contribution in [3.8, 4) is 5.75 Å². The molecule has 2 N–H and O–H groups in total. The smallest absolute Gasteiger partial charge is 0.258 e. The first-order chi connectivity index (χ1) is 16.0. The molecule has 2 aromatic heterocycles. The fourth-order valence-corrected chi connectivity index (χ4v) is 4.21. The molecular formula is C26H26ClN3O3. The Morgan fingerprint density at radius 2 is 2.03 bits per heavy atom. The average molecular weight is 464 g/mol. The monoisotopic (exact) mass is 463 g/mol. The molecule has 1 saturated carbocycles. The lowest BCUT2D eigenvalue weighted by Crippen LogP contribution is -2.34. The number of nitrogens with zero attached hydrogens (tertiary/aromatic N) is 2. The molecule has 0 atom stereocenters. The lowest BCUT2D eigenvalue weighted by atomic mass is 9.93. The summed E-state index contributed by atoms with van der Waals surface area (Å²) in [6.45, 7) is 1.23. The number of nitrogens with one attached hydrogen (secondary N) is 1. The third kappa shape index (κ3) is 5.03. The summed E-state index contributed by atoms with van der Waals surface area (Å²) in [5.41, 5.74) is 5.19. The number of aromatic nitrogens is 2. The van der Waals surface area contributed by atoms with E-state index < -0.39 is 0 Å². The van der Waals surface area contributed by atoms with Gasteiger partial charge in [0.25, 0.3) is 5.56 Å². The predicted octanol–water partition coefficient (Wildman–Crippen LogP) is 4.03. The number of aryl methyl sites for hydroxylation is 1. The number of ether oxygens (including phenoxy) is 1. The molecule has 0 unspecified atom stereocenters. The summed E-state index contributed by atoms with van der Waals surface area (Å²) < 4.78 is 7.41. The molecule has 0 amide bonds. The van der Waals surface area contributed by atoms with E-state index in [1.807, 2.05) is 0 Å². The molecule has 1 fully saturated rings. The maximum absolute atomic E-state index is 12.8. The van der Waals surface area contributed by atoms with E-state index in [4.69, 9.17) is 16.3 Å². The molecule has 170 valence electrons. The summed E-state index contributed by atoms with van der Waals surface area (Å²) in [5.74, 6) is 0.512. The second-order valence-electron chi connectivity index (χ2n) is 8.79. The van der Waals surface area contributed by atoms with Crippen LogP contribution in [0.2, 0.25) is 5.02 Å². The van der Waals surface area contributed by atoms with Crippen LogP contribution >= 0.6 is 11.6 Å². The van der Waals surface area contributed by atoms with Crippen LogP contribution in [0.15, 0.2) is 59.7 Å². The van der Waals surface area contributed by atoms with E-state index in [1.54, 1.807) is 35.2 Å². The van der Waals surface area contributed by atoms with E-state index in [2.05, 4.69) is 34.6 Å². The van der Waals surface area contributed by atoms with Crippen molar-refractivity contribution in [3.05, 3.63) is 92.6 Å². The number of hydrogen-bond donors (Lipinski definition) is 2. The van der Waals surface area contributed by atoms with Crippen molar-refractivity contribution in [2.75, 3.05) is 6.61 Å². The van der Waals surface area contributed by atoms with E-state index in [1.165, 1.54) is 17.2 Å². The highest BCUT2D eigenvalue weighted by Gasteiger charge is 2.41. The van der Waals surface area contributed by atoms with Gasteiger partial charge in [-0.1, -0.05) is 29.8 Å². The largest absolute Gasteiger partial charge is 0.487 e. The number of aliphatic hydroxyl groups excluding tert-OH is 1. The van der Waals surface area contributed by atoms with Crippen molar-refractivity contribution < 1.29 is 9.84 Å². The number of benzene rings is 1. The van der Waals surface area contributed by atoms with Gasteiger partial charge in [0.15, 0.2) is 0 Å². The molecule has 2 aliphatic carbocycles. The fraction of sp³-hybridized carbons (Fsp3) is 0.308. The van der Waals surface area contributed by atoms with Crippen LogP contribution in [-0.4, -0.2) is 26.8 Å². The van der Waals surface area contributed by atoms with Crippen molar-refractivity contribution in [2.24, 2.45) is 0 Å². The number of hydrogen-bond acceptors (Lipinski definition) is 5. The van der Waals surface area contributed by atoms with Crippen molar-refractivity contribution in [3.63, 3.8) is 0 Å². The highest BCUT2D eigenvalue weighted by Crippen LogP contribution is 2.35. The fourth-order valence-electron chi connectivity index (χ4n) is 4.10. The first-order valence-corrected chi connectivity index (χ1v) is 11.6. The Hall–Kier alpha value is -2.93. The quantitative estimate of drug-likeness (QED) is 0.527. The molecule has 5 rings (SSSR count). The van der Waals surface area contributed by atoms with Gasteiger partial charge >= 0.3 is 0 Å². The summed E-state index contributed by atoms with van der Waals surface area (Å²) in [6.07, 6.45) is 9.18. The van der Waals surface area contributed by atoms with Crippen LogP contribution < -0.4 is 15.6 Å². The van der Waals surface area contributed by atoms with Crippen LogP contribution in [0.4, 0.5) is 0 Å². The zero-order chi connectivity index (χ0) is 22.8. The van der Waals surface area contributed by atoms with Gasteiger partial charge in [0.05, 0.1) is 17.3 Å². The summed E-state index contributed by atoms with van der Waals surface area (Å²) in [7, 11) is 0. The molecule has 7 heteroatoms. The molecule has 0 spiro atoms. The average Bonchev–Trinajstić information content (AvgIpc) is 3.63. The Labute approximate surface area is 197 Å². The number of fused-ring (bicyclic) bond motifs is 1. The van der Waals surface area contributed by atoms with Crippen LogP contribution in [0.25, 0.3) is 11.8 Å². The SMILES string of the molecule is O=c1cc(OCc2ccc(Cl)cn2)ccn1C1=Cc2ccc(CNC3(CO)CC3)cc2CC1. The standard InChI is InChI=1S/C26H26ClN3O3/c27-21-4-5-22(28-15-21)16-33-24-7-10-30(25(32)13-24)23-6-3-19-11-18(1-2-20(19)12-23)14-29-26(17-31)8-9-26/h1-2,4-5,7,10-13,15,29,31H,3,6,8-9,14,16-17H2. The number of halogens is 1. The molecule has 33 heavy (non-hydrogen) atoms. The highest BCUT2D eigenvalue weighted by atomic mass is 35.5. The van der Waals surface area contributed by atoms with Crippen molar-refractivity contribution >= 4 is 23.4 Å². The van der Waals surface area contributed by atoms with Gasteiger partial charge in [-0.15, -0.1) is 0 Å². The van der Waals surface area contributed by atoms with Gasteiger partial charge in [0.1, 0.15) is 12.4 Å². The Kier molecular flexibility index (Phi) is 6.06. The Bertz CT molecular complexity index is 1250. The van der Waals surface area contributed by atoms with E-state index in [0.29, 0.717) is 10.8 Å². The molecule has 3 aromatic rings. The number of allylic oxidation sites excluding steroid dienone is 1. The topological polar surface area (TPSA) is 76.4 Å². The van der Waals surface area contributed by atoms with Crippen molar-refractivity contribution in [2.45, 2.75) is 44.4 Å². The van der Waals surface area contributed by atoms with E-state index in [-0.39, 0.29) is 24.3 Å². The van der Waals surface area contributed by atoms with Gasteiger partial charge < -0.3 is 15.2 Å². The molecule has 6 nitrogen and oxygen atoms in total. The molecule has 2 heterocycles. The molecule has 0 aliphatic heterocycles. The van der Waals surface area contributed by atoms with E-state index >= 15 is 0 Å². The number of aliphatic hydroxyl groups is 1. The van der Waals surface area contributed by atoms with Crippen LogP contribution in [0.5, 0.6) is 5.75 Å². The second kappa shape index (κ2) is 9.14. The van der Waals surface area contributed by atoms with E-state index in [0.717, 1.165) is 49.2 Å². The zero-order valence-electron chi connectivity index (χ0n) is 18.3. The second-order valence-corrected chi connectivity index (χ2v) is 9.22. The maximum atomic E-state index is 12.8. The van der Waals surface area contributed by atoms with Crippen LogP contribution in [0, 0.1) is 0 Å². The van der Waals surface area contributed by atoms with Gasteiger partial charge in [-0.3, -0.25) is 14.3 Å². The molecule has 0 saturated heterocycles. The minimum absolute atomic E-state index is 0.0641. The molecule has 2 aliphatic rings. The minimum Gasteiger partial charge on any atom is -0.487 e. The van der Waals surface area contributed by atoms with Crippen LogP contribution in [0.3, 0.4) is 0 Å². The lowest BCUT2D eigenvalue weighted by molar-refractivity contribution is 0.229. The molecule has 0 bridgehead atoms. The van der Waals surface area contributed by atoms with Gasteiger partial charge in [0.2, 0.25) is 0 Å². The first kappa shape index (κ1) is 21.9. The summed E-state index contributed by atoms with van der Waals surface area (Å²) >= 11 is 5.85. The normalized spacial score (nSPS) is 16.1. The van der Waals surface area contributed by atoms with Crippen LogP contribution in [-0.2, 0) is 19.6 Å². The zero-order valence-corrected chi connectivity index (χ0v) is 19.0. The predicted molar refractivity (Wildman–Crippen MR) is 129 cm³/mol. The number of rotatable bonds is 8. The Morgan fingerprint density at radius 3 is 2.76 bits per heavy atom. The maximum Gasteiger partial charge on any atom is 0.258 e.